The lowest BCUT2D eigenvalue weighted by Crippen LogP contribution is -2.35. The number of hydrogen-bond acceptors (Lipinski definition) is 3. The molecule has 0 aliphatic carbocycles. The van der Waals surface area contributed by atoms with E-state index in [1.165, 1.54) is 4.90 Å². The lowest BCUT2D eigenvalue weighted by atomic mass is 10.1. The first-order valence-electron chi connectivity index (χ1n) is 6.24. The van der Waals surface area contributed by atoms with Crippen molar-refractivity contribution < 1.29 is 18.3 Å². The number of aromatic nitrogens is 1. The van der Waals surface area contributed by atoms with E-state index < -0.39 is 23.3 Å². The van der Waals surface area contributed by atoms with Crippen molar-refractivity contribution in [1.29, 1.82) is 0 Å². The molecule has 4 nitrogen and oxygen atoms in total. The Kier molecular flexibility index (Phi) is 3.74. The zero-order valence-electron chi connectivity index (χ0n) is 11.6. The van der Waals surface area contributed by atoms with Crippen LogP contribution < -0.4 is 0 Å². The number of halogens is 2. The zero-order chi connectivity index (χ0) is 14.9. The molecule has 0 radical (unpaired) electrons. The molecule has 0 saturated carbocycles. The number of carbonyl (C=O) groups is 1. The molecule has 0 atom stereocenters. The fourth-order valence-electron chi connectivity index (χ4n) is 1.92. The fourth-order valence-corrected chi connectivity index (χ4v) is 1.92. The molecule has 2 rings (SSSR count). The van der Waals surface area contributed by atoms with Crippen molar-refractivity contribution >= 4 is 11.7 Å². The number of ether oxygens (including phenoxy) is 1. The van der Waals surface area contributed by atoms with Gasteiger partial charge in [-0.3, -0.25) is 4.98 Å². The van der Waals surface area contributed by atoms with Gasteiger partial charge in [0.05, 0.1) is 18.0 Å². The summed E-state index contributed by atoms with van der Waals surface area (Å²) in [6, 6.07) is 0. The van der Waals surface area contributed by atoms with Crippen molar-refractivity contribution in [1.82, 2.24) is 9.88 Å². The van der Waals surface area contributed by atoms with Gasteiger partial charge >= 0.3 is 6.09 Å². The molecule has 1 aromatic heterocycles. The molecule has 1 aliphatic rings. The summed E-state index contributed by atoms with van der Waals surface area (Å²) in [5, 5.41) is 0. The van der Waals surface area contributed by atoms with Gasteiger partial charge in [-0.1, -0.05) is 6.08 Å². The normalized spacial score (nSPS) is 15.2. The first kappa shape index (κ1) is 14.4. The summed E-state index contributed by atoms with van der Waals surface area (Å²) in [5.41, 5.74) is -0.313. The first-order chi connectivity index (χ1) is 9.28. The number of hydrogen-bond donors (Lipinski definition) is 0. The van der Waals surface area contributed by atoms with Crippen LogP contribution in [0.4, 0.5) is 13.6 Å². The van der Waals surface area contributed by atoms with Crippen molar-refractivity contribution in [2.24, 2.45) is 0 Å². The number of carbonyl (C=O) groups excluding carboxylic acids is 1. The van der Waals surface area contributed by atoms with Gasteiger partial charge in [0.2, 0.25) is 0 Å². The monoisotopic (exact) mass is 282 g/mol. The SMILES string of the molecule is CC(C)(C)OC(=O)N1CC=C(c2c(F)cncc2F)C1. The van der Waals surface area contributed by atoms with E-state index in [2.05, 4.69) is 4.98 Å². The van der Waals surface area contributed by atoms with E-state index in [4.69, 9.17) is 4.74 Å². The van der Waals surface area contributed by atoms with Gasteiger partial charge in [-0.05, 0) is 26.3 Å². The molecule has 0 spiro atoms. The predicted molar refractivity (Wildman–Crippen MR) is 69.9 cm³/mol. The van der Waals surface area contributed by atoms with E-state index in [1.54, 1.807) is 26.8 Å². The van der Waals surface area contributed by atoms with E-state index in [1.807, 2.05) is 0 Å². The quantitative estimate of drug-likeness (QED) is 0.795. The van der Waals surface area contributed by atoms with Gasteiger partial charge in [0.15, 0.2) is 11.6 Å². The van der Waals surface area contributed by atoms with Crippen molar-refractivity contribution in [3.8, 4) is 0 Å². The van der Waals surface area contributed by atoms with E-state index >= 15 is 0 Å². The summed E-state index contributed by atoms with van der Waals surface area (Å²) in [6.07, 6.45) is 3.02. The summed E-state index contributed by atoms with van der Waals surface area (Å²) in [7, 11) is 0. The molecule has 0 N–H and O–H groups in total. The van der Waals surface area contributed by atoms with Crippen LogP contribution >= 0.6 is 0 Å². The number of rotatable bonds is 1. The highest BCUT2D eigenvalue weighted by Crippen LogP contribution is 2.26. The average Bonchev–Trinajstić information content (AvgIpc) is 2.76. The highest BCUT2D eigenvalue weighted by atomic mass is 19.1. The minimum absolute atomic E-state index is 0.118. The Hall–Kier alpha value is -1.98. The molecular weight excluding hydrogens is 266 g/mol. The van der Waals surface area contributed by atoms with Gasteiger partial charge in [-0.2, -0.15) is 0 Å². The maximum atomic E-state index is 13.6. The van der Waals surface area contributed by atoms with Crippen molar-refractivity contribution in [3.05, 3.63) is 35.7 Å². The summed E-state index contributed by atoms with van der Waals surface area (Å²) >= 11 is 0. The third-order valence-electron chi connectivity index (χ3n) is 2.75. The molecular formula is C14H16F2N2O2. The second-order valence-corrected chi connectivity index (χ2v) is 5.57. The Bertz CT molecular complexity index is 545. The predicted octanol–water partition coefficient (Wildman–Crippen LogP) is 2.99. The summed E-state index contributed by atoms with van der Waals surface area (Å²) in [6.45, 7) is 5.67. The van der Waals surface area contributed by atoms with Gasteiger partial charge in [-0.25, -0.2) is 13.6 Å². The Labute approximate surface area is 116 Å². The number of amides is 1. The smallest absolute Gasteiger partial charge is 0.410 e. The third-order valence-corrected chi connectivity index (χ3v) is 2.75. The highest BCUT2D eigenvalue weighted by Gasteiger charge is 2.27. The van der Waals surface area contributed by atoms with Crippen LogP contribution in [0.5, 0.6) is 0 Å². The summed E-state index contributed by atoms with van der Waals surface area (Å²) in [4.78, 5) is 16.7. The van der Waals surface area contributed by atoms with Gasteiger partial charge in [0, 0.05) is 13.1 Å². The lowest BCUT2D eigenvalue weighted by Gasteiger charge is -2.24. The van der Waals surface area contributed by atoms with Gasteiger partial charge in [0.25, 0.3) is 0 Å². The molecule has 0 bridgehead atoms. The largest absolute Gasteiger partial charge is 0.444 e. The third kappa shape index (κ3) is 3.12. The molecule has 0 saturated heterocycles. The van der Waals surface area contributed by atoms with E-state index in [9.17, 15) is 13.6 Å². The molecule has 1 amide bonds. The molecule has 0 unspecified atom stereocenters. The molecule has 6 heteroatoms. The van der Waals surface area contributed by atoms with Crippen LogP contribution in [0, 0.1) is 11.6 Å². The minimum Gasteiger partial charge on any atom is -0.444 e. The summed E-state index contributed by atoms with van der Waals surface area (Å²) in [5.74, 6) is -1.47. The first-order valence-corrected chi connectivity index (χ1v) is 6.24. The summed E-state index contributed by atoms with van der Waals surface area (Å²) < 4.78 is 32.5. The fraction of sp³-hybridized carbons (Fsp3) is 0.429. The standard InChI is InChI=1S/C14H16F2N2O2/c1-14(2,3)20-13(19)18-5-4-9(8-18)12-10(15)6-17-7-11(12)16/h4,6-7H,5,8H2,1-3H3. The Morgan fingerprint density at radius 2 is 1.90 bits per heavy atom. The van der Waals surface area contributed by atoms with Gasteiger partial charge in [0.1, 0.15) is 5.60 Å². The molecule has 0 fully saturated rings. The average molecular weight is 282 g/mol. The molecule has 1 aliphatic heterocycles. The van der Waals surface area contributed by atoms with E-state index in [0.717, 1.165) is 12.4 Å². The maximum absolute atomic E-state index is 13.6. The molecule has 2 heterocycles. The Morgan fingerprint density at radius 3 is 2.45 bits per heavy atom. The molecule has 108 valence electrons. The van der Waals surface area contributed by atoms with Crippen LogP contribution in [0.3, 0.4) is 0 Å². The van der Waals surface area contributed by atoms with Crippen LogP contribution in [0.1, 0.15) is 26.3 Å². The topological polar surface area (TPSA) is 42.4 Å². The molecule has 0 aromatic carbocycles. The number of pyridine rings is 1. The van der Waals surface area contributed by atoms with Crippen LogP contribution in [0.15, 0.2) is 18.5 Å². The van der Waals surface area contributed by atoms with Crippen molar-refractivity contribution in [2.75, 3.05) is 13.1 Å². The van der Waals surface area contributed by atoms with Crippen molar-refractivity contribution in [3.63, 3.8) is 0 Å². The second-order valence-electron chi connectivity index (χ2n) is 5.57. The van der Waals surface area contributed by atoms with E-state index in [-0.39, 0.29) is 18.7 Å². The van der Waals surface area contributed by atoms with Crippen molar-refractivity contribution in [2.45, 2.75) is 26.4 Å². The minimum atomic E-state index is -0.734. The maximum Gasteiger partial charge on any atom is 0.410 e. The van der Waals surface area contributed by atoms with Gasteiger partial charge in [-0.15, -0.1) is 0 Å². The second kappa shape index (κ2) is 5.19. The Morgan fingerprint density at radius 1 is 1.30 bits per heavy atom. The number of nitrogens with zero attached hydrogens (tertiary/aromatic N) is 2. The van der Waals surface area contributed by atoms with Crippen LogP contribution in [-0.2, 0) is 4.74 Å². The molecule has 20 heavy (non-hydrogen) atoms. The van der Waals surface area contributed by atoms with Crippen LogP contribution in [0.25, 0.3) is 5.57 Å². The highest BCUT2D eigenvalue weighted by molar-refractivity contribution is 5.77. The van der Waals surface area contributed by atoms with Crippen LogP contribution in [0.2, 0.25) is 0 Å². The van der Waals surface area contributed by atoms with Gasteiger partial charge < -0.3 is 9.64 Å². The zero-order valence-corrected chi connectivity index (χ0v) is 11.6. The van der Waals surface area contributed by atoms with E-state index in [0.29, 0.717) is 5.57 Å². The molecule has 1 aromatic rings. The lowest BCUT2D eigenvalue weighted by molar-refractivity contribution is 0.0306. The van der Waals surface area contributed by atoms with Crippen LogP contribution in [-0.4, -0.2) is 34.7 Å². The Balaban J connectivity index is 2.11.